The van der Waals surface area contributed by atoms with E-state index in [9.17, 15) is 22.8 Å². The van der Waals surface area contributed by atoms with Crippen LogP contribution < -0.4 is 5.32 Å². The van der Waals surface area contributed by atoms with Crippen molar-refractivity contribution >= 4 is 33.4 Å². The first-order valence-corrected chi connectivity index (χ1v) is 10.6. The zero-order valence-corrected chi connectivity index (χ0v) is 16.5. The number of hydrogen-bond acceptors (Lipinski definition) is 5. The van der Waals surface area contributed by atoms with Crippen LogP contribution in [0, 0.1) is 0 Å². The third-order valence-electron chi connectivity index (χ3n) is 5.19. The van der Waals surface area contributed by atoms with Gasteiger partial charge in [0.1, 0.15) is 0 Å². The monoisotopic (exact) mass is 413 g/mol. The molecule has 3 amide bonds. The van der Waals surface area contributed by atoms with E-state index in [2.05, 4.69) is 5.32 Å². The topological polar surface area (TPSA) is 104 Å². The van der Waals surface area contributed by atoms with Crippen LogP contribution in [0.15, 0.2) is 47.4 Å². The Morgan fingerprint density at radius 2 is 1.62 bits per heavy atom. The van der Waals surface area contributed by atoms with E-state index in [0.29, 0.717) is 13.1 Å². The Kier molecular flexibility index (Phi) is 4.71. The van der Waals surface area contributed by atoms with Gasteiger partial charge in [-0.05, 0) is 49.2 Å². The normalized spacial score (nSPS) is 16.9. The molecule has 1 N–H and O–H groups in total. The fourth-order valence-electron chi connectivity index (χ4n) is 3.56. The molecule has 0 unspecified atom stereocenters. The summed E-state index contributed by atoms with van der Waals surface area (Å²) < 4.78 is 26.6. The molecule has 0 atom stereocenters. The van der Waals surface area contributed by atoms with Gasteiger partial charge in [-0.3, -0.25) is 19.3 Å². The number of nitrogens with zero attached hydrogens (tertiary/aromatic N) is 2. The van der Waals surface area contributed by atoms with Crippen molar-refractivity contribution in [3.8, 4) is 0 Å². The number of amides is 3. The van der Waals surface area contributed by atoms with Crippen molar-refractivity contribution in [2.24, 2.45) is 0 Å². The van der Waals surface area contributed by atoms with Gasteiger partial charge in [0, 0.05) is 25.7 Å². The molecule has 1 saturated heterocycles. The highest BCUT2D eigenvalue weighted by Gasteiger charge is 2.35. The van der Waals surface area contributed by atoms with Crippen LogP contribution in [0.25, 0.3) is 0 Å². The van der Waals surface area contributed by atoms with Crippen LogP contribution in [-0.2, 0) is 10.0 Å². The molecule has 2 aromatic rings. The minimum absolute atomic E-state index is 0.138. The number of carbonyl (C=O) groups is 3. The van der Waals surface area contributed by atoms with Gasteiger partial charge in [-0.1, -0.05) is 6.07 Å². The summed E-state index contributed by atoms with van der Waals surface area (Å²) in [5, 5.41) is 2.64. The highest BCUT2D eigenvalue weighted by Crippen LogP contribution is 2.29. The summed E-state index contributed by atoms with van der Waals surface area (Å²) in [5.74, 6) is -1.40. The van der Waals surface area contributed by atoms with Crippen molar-refractivity contribution in [1.82, 2.24) is 9.21 Å². The number of benzene rings is 2. The maximum Gasteiger partial charge on any atom is 0.263 e. The van der Waals surface area contributed by atoms with Gasteiger partial charge in [-0.25, -0.2) is 8.42 Å². The SMILES string of the molecule is CN1C(=O)c2cccc(NC(=O)c3ccc(S(=O)(=O)N4CCCC4)cc3)c2C1=O. The first-order chi connectivity index (χ1) is 13.8. The van der Waals surface area contributed by atoms with Crippen LogP contribution in [0.4, 0.5) is 5.69 Å². The molecule has 8 nitrogen and oxygen atoms in total. The Hall–Kier alpha value is -3.04. The Morgan fingerprint density at radius 1 is 0.966 bits per heavy atom. The van der Waals surface area contributed by atoms with E-state index in [1.165, 1.54) is 41.7 Å². The summed E-state index contributed by atoms with van der Waals surface area (Å²) in [5.41, 5.74) is 0.876. The second-order valence-corrected chi connectivity index (χ2v) is 8.93. The van der Waals surface area contributed by atoms with E-state index in [1.807, 2.05) is 0 Å². The first-order valence-electron chi connectivity index (χ1n) is 9.17. The maximum atomic E-state index is 12.6. The standard InChI is InChI=1S/C20H19N3O5S/c1-22-19(25)15-5-4-6-16(17(15)20(22)26)21-18(24)13-7-9-14(10-8-13)29(27,28)23-11-2-3-12-23/h4-10H,2-3,11-12H2,1H3,(H,21,24). The molecule has 0 aromatic heterocycles. The summed E-state index contributed by atoms with van der Waals surface area (Å²) in [6, 6.07) is 10.3. The molecule has 150 valence electrons. The van der Waals surface area contributed by atoms with Crippen LogP contribution in [0.5, 0.6) is 0 Å². The van der Waals surface area contributed by atoms with Gasteiger partial charge in [0.05, 0.1) is 21.7 Å². The predicted octanol–water partition coefficient (Wildman–Crippen LogP) is 1.95. The van der Waals surface area contributed by atoms with E-state index in [-0.39, 0.29) is 27.3 Å². The molecule has 2 aromatic carbocycles. The molecule has 2 heterocycles. The fourth-order valence-corrected chi connectivity index (χ4v) is 5.07. The minimum Gasteiger partial charge on any atom is -0.321 e. The van der Waals surface area contributed by atoms with Crippen LogP contribution in [0.1, 0.15) is 43.9 Å². The second kappa shape index (κ2) is 7.09. The Morgan fingerprint density at radius 3 is 2.28 bits per heavy atom. The lowest BCUT2D eigenvalue weighted by molar-refractivity contribution is 0.0693. The average molecular weight is 413 g/mol. The highest BCUT2D eigenvalue weighted by atomic mass is 32.2. The lowest BCUT2D eigenvalue weighted by Crippen LogP contribution is -2.27. The number of imide groups is 1. The number of hydrogen-bond donors (Lipinski definition) is 1. The van der Waals surface area contributed by atoms with Crippen LogP contribution in [0.2, 0.25) is 0 Å². The van der Waals surface area contributed by atoms with Gasteiger partial charge in [-0.2, -0.15) is 4.31 Å². The fraction of sp³-hybridized carbons (Fsp3) is 0.250. The van der Waals surface area contributed by atoms with Crippen molar-refractivity contribution in [3.05, 3.63) is 59.2 Å². The summed E-state index contributed by atoms with van der Waals surface area (Å²) >= 11 is 0. The lowest BCUT2D eigenvalue weighted by atomic mass is 10.1. The molecular weight excluding hydrogens is 394 g/mol. The van der Waals surface area contributed by atoms with Gasteiger partial charge >= 0.3 is 0 Å². The predicted molar refractivity (Wildman–Crippen MR) is 105 cm³/mol. The molecule has 0 radical (unpaired) electrons. The van der Waals surface area contributed by atoms with E-state index in [0.717, 1.165) is 17.7 Å². The number of anilines is 1. The summed E-state index contributed by atoms with van der Waals surface area (Å²) in [6.45, 7) is 1.01. The molecule has 0 saturated carbocycles. The Bertz CT molecular complexity index is 1120. The summed E-state index contributed by atoms with van der Waals surface area (Å²) in [6.07, 6.45) is 1.69. The van der Waals surface area contributed by atoms with Crippen molar-refractivity contribution in [2.75, 3.05) is 25.5 Å². The Balaban J connectivity index is 1.57. The molecule has 1 fully saturated rings. The van der Waals surface area contributed by atoms with E-state index < -0.39 is 27.7 Å². The molecule has 0 aliphatic carbocycles. The smallest absolute Gasteiger partial charge is 0.263 e. The van der Waals surface area contributed by atoms with Crippen LogP contribution >= 0.6 is 0 Å². The van der Waals surface area contributed by atoms with Crippen molar-refractivity contribution in [2.45, 2.75) is 17.7 Å². The average Bonchev–Trinajstić information content (AvgIpc) is 3.34. The zero-order valence-electron chi connectivity index (χ0n) is 15.7. The summed E-state index contributed by atoms with van der Waals surface area (Å²) in [4.78, 5) is 38.2. The molecule has 9 heteroatoms. The molecule has 29 heavy (non-hydrogen) atoms. The second-order valence-electron chi connectivity index (χ2n) is 6.99. The van der Waals surface area contributed by atoms with Gasteiger partial charge in [0.25, 0.3) is 17.7 Å². The third kappa shape index (κ3) is 3.22. The van der Waals surface area contributed by atoms with Gasteiger partial charge in [-0.15, -0.1) is 0 Å². The lowest BCUT2D eigenvalue weighted by Gasteiger charge is -2.15. The molecule has 0 spiro atoms. The number of sulfonamides is 1. The molecular formula is C20H19N3O5S. The maximum absolute atomic E-state index is 12.6. The highest BCUT2D eigenvalue weighted by molar-refractivity contribution is 7.89. The molecule has 4 rings (SSSR count). The van der Waals surface area contributed by atoms with Crippen LogP contribution in [-0.4, -0.2) is 55.5 Å². The van der Waals surface area contributed by atoms with Crippen LogP contribution in [0.3, 0.4) is 0 Å². The third-order valence-corrected chi connectivity index (χ3v) is 7.10. The Labute approximate surface area is 168 Å². The van der Waals surface area contributed by atoms with E-state index in [4.69, 9.17) is 0 Å². The minimum atomic E-state index is -3.55. The first kappa shape index (κ1) is 19.3. The molecule has 2 aliphatic heterocycles. The van der Waals surface area contributed by atoms with Crippen molar-refractivity contribution in [1.29, 1.82) is 0 Å². The van der Waals surface area contributed by atoms with E-state index >= 15 is 0 Å². The quantitative estimate of drug-likeness (QED) is 0.772. The van der Waals surface area contributed by atoms with Gasteiger partial charge in [0.2, 0.25) is 10.0 Å². The van der Waals surface area contributed by atoms with Gasteiger partial charge in [0.15, 0.2) is 0 Å². The van der Waals surface area contributed by atoms with Gasteiger partial charge < -0.3 is 5.32 Å². The molecule has 2 aliphatic rings. The number of fused-ring (bicyclic) bond motifs is 1. The van der Waals surface area contributed by atoms with E-state index in [1.54, 1.807) is 12.1 Å². The number of carbonyl (C=O) groups excluding carboxylic acids is 3. The van der Waals surface area contributed by atoms with Crippen molar-refractivity contribution < 1.29 is 22.8 Å². The number of rotatable bonds is 4. The summed E-state index contributed by atoms with van der Waals surface area (Å²) in [7, 11) is -2.17. The molecule has 0 bridgehead atoms. The van der Waals surface area contributed by atoms with Crippen molar-refractivity contribution in [3.63, 3.8) is 0 Å². The zero-order chi connectivity index (χ0) is 20.8. The number of nitrogens with one attached hydrogen (secondary N) is 1. The largest absolute Gasteiger partial charge is 0.321 e.